The third-order valence-corrected chi connectivity index (χ3v) is 4.78. The number of ether oxygens (including phenoxy) is 1. The molecule has 4 rings (SSSR count). The van der Waals surface area contributed by atoms with Gasteiger partial charge in [-0.1, -0.05) is 29.4 Å². The Balaban J connectivity index is 1.70. The quantitative estimate of drug-likeness (QED) is 0.753. The van der Waals surface area contributed by atoms with E-state index in [1.807, 2.05) is 51.1 Å². The van der Waals surface area contributed by atoms with Crippen LogP contribution in [-0.2, 0) is 6.42 Å². The second-order valence-electron chi connectivity index (χ2n) is 7.09. The molecule has 1 atom stereocenters. The van der Waals surface area contributed by atoms with Crippen LogP contribution in [0.2, 0.25) is 0 Å². The Kier molecular flexibility index (Phi) is 4.24. The van der Waals surface area contributed by atoms with Gasteiger partial charge in [0.25, 0.3) is 5.89 Å². The zero-order valence-corrected chi connectivity index (χ0v) is 15.3. The topological polar surface area (TPSA) is 74.2 Å². The van der Waals surface area contributed by atoms with Crippen LogP contribution in [0.3, 0.4) is 0 Å². The lowest BCUT2D eigenvalue weighted by atomic mass is 10.0. The molecule has 0 fully saturated rings. The lowest BCUT2D eigenvalue weighted by Gasteiger charge is -2.12. The fourth-order valence-electron chi connectivity index (χ4n) is 3.46. The maximum atomic E-state index is 6.18. The van der Waals surface area contributed by atoms with Crippen molar-refractivity contribution < 1.29 is 9.26 Å². The summed E-state index contributed by atoms with van der Waals surface area (Å²) in [5.74, 6) is 1.94. The highest BCUT2D eigenvalue weighted by Crippen LogP contribution is 2.36. The molecule has 0 radical (unpaired) electrons. The van der Waals surface area contributed by atoms with E-state index in [4.69, 9.17) is 15.0 Å². The molecule has 0 unspecified atom stereocenters. The molecular weight excluding hydrogens is 326 g/mol. The minimum Gasteiger partial charge on any atom is -0.491 e. The molecule has 0 saturated carbocycles. The van der Waals surface area contributed by atoms with E-state index >= 15 is 0 Å². The minimum absolute atomic E-state index is 0.101. The van der Waals surface area contributed by atoms with Crippen LogP contribution in [0.25, 0.3) is 22.8 Å². The molecule has 0 aliphatic heterocycles. The van der Waals surface area contributed by atoms with Crippen LogP contribution < -0.4 is 10.5 Å². The molecule has 2 N–H and O–H groups in total. The van der Waals surface area contributed by atoms with E-state index in [-0.39, 0.29) is 12.1 Å². The first kappa shape index (κ1) is 16.8. The zero-order chi connectivity index (χ0) is 18.3. The maximum Gasteiger partial charge on any atom is 0.258 e. The summed E-state index contributed by atoms with van der Waals surface area (Å²) in [6.45, 7) is 6.05. The number of aryl methyl sites for hydroxylation is 1. The van der Waals surface area contributed by atoms with Crippen molar-refractivity contribution in [3.63, 3.8) is 0 Å². The molecule has 0 spiro atoms. The van der Waals surface area contributed by atoms with Crippen LogP contribution in [0, 0.1) is 6.92 Å². The number of benzene rings is 2. The van der Waals surface area contributed by atoms with E-state index < -0.39 is 0 Å². The number of rotatable bonds is 4. The van der Waals surface area contributed by atoms with Gasteiger partial charge in [-0.3, -0.25) is 0 Å². The predicted octanol–water partition coefficient (Wildman–Crippen LogP) is 4.45. The molecule has 5 heteroatoms. The Morgan fingerprint density at radius 1 is 1.23 bits per heavy atom. The normalized spacial score (nSPS) is 16.1. The van der Waals surface area contributed by atoms with Crippen molar-refractivity contribution in [3.8, 4) is 28.6 Å². The summed E-state index contributed by atoms with van der Waals surface area (Å²) in [7, 11) is 0. The zero-order valence-electron chi connectivity index (χ0n) is 15.3. The van der Waals surface area contributed by atoms with Crippen molar-refractivity contribution in [1.29, 1.82) is 0 Å². The number of aromatic nitrogens is 2. The molecule has 1 aromatic heterocycles. The lowest BCUT2D eigenvalue weighted by Crippen LogP contribution is -2.06. The van der Waals surface area contributed by atoms with Gasteiger partial charge in [-0.2, -0.15) is 4.98 Å². The first-order chi connectivity index (χ1) is 12.5. The Hall–Kier alpha value is -2.66. The third kappa shape index (κ3) is 2.99. The smallest absolute Gasteiger partial charge is 0.258 e. The molecule has 26 heavy (non-hydrogen) atoms. The Labute approximate surface area is 153 Å². The molecule has 2 aromatic carbocycles. The van der Waals surface area contributed by atoms with Crippen LogP contribution >= 0.6 is 0 Å². The molecule has 1 aliphatic rings. The Bertz CT molecular complexity index is 946. The summed E-state index contributed by atoms with van der Waals surface area (Å²) >= 11 is 0. The standard InChI is InChI=1S/C21H23N3O2/c1-12(2)25-19-11-14(8-7-13(19)3)21-23-20(24-26-21)17-6-4-5-16-15(17)9-10-18(16)22/h4-8,11-12,18H,9-10,22H2,1-3H3/t18-/m1/s1. The summed E-state index contributed by atoms with van der Waals surface area (Å²) in [4.78, 5) is 4.63. The molecule has 5 nitrogen and oxygen atoms in total. The van der Waals surface area contributed by atoms with Gasteiger partial charge in [0.15, 0.2) is 0 Å². The van der Waals surface area contributed by atoms with Crippen LogP contribution in [0.15, 0.2) is 40.9 Å². The maximum absolute atomic E-state index is 6.18. The summed E-state index contributed by atoms with van der Waals surface area (Å²) < 4.78 is 11.4. The number of nitrogens with two attached hydrogens (primary N) is 1. The highest BCUT2D eigenvalue weighted by molar-refractivity contribution is 5.66. The van der Waals surface area contributed by atoms with Gasteiger partial charge in [0.05, 0.1) is 6.10 Å². The Morgan fingerprint density at radius 2 is 2.08 bits per heavy atom. The number of hydrogen-bond donors (Lipinski definition) is 1. The largest absolute Gasteiger partial charge is 0.491 e. The second kappa shape index (κ2) is 6.57. The van der Waals surface area contributed by atoms with Crippen LogP contribution in [0.5, 0.6) is 5.75 Å². The van der Waals surface area contributed by atoms with Gasteiger partial charge < -0.3 is 15.0 Å². The molecule has 134 valence electrons. The van der Waals surface area contributed by atoms with Crippen molar-refractivity contribution in [3.05, 3.63) is 53.1 Å². The fourth-order valence-corrected chi connectivity index (χ4v) is 3.46. The van der Waals surface area contributed by atoms with Gasteiger partial charge in [0, 0.05) is 17.2 Å². The van der Waals surface area contributed by atoms with Crippen LogP contribution in [0.4, 0.5) is 0 Å². The van der Waals surface area contributed by atoms with E-state index in [0.717, 1.165) is 35.3 Å². The predicted molar refractivity (Wildman–Crippen MR) is 101 cm³/mol. The third-order valence-electron chi connectivity index (χ3n) is 4.78. The average molecular weight is 349 g/mol. The average Bonchev–Trinajstić information content (AvgIpc) is 3.24. The highest BCUT2D eigenvalue weighted by atomic mass is 16.5. The van der Waals surface area contributed by atoms with Crippen LogP contribution in [-0.4, -0.2) is 16.2 Å². The fraction of sp³-hybridized carbons (Fsp3) is 0.333. The van der Waals surface area contributed by atoms with Gasteiger partial charge in [0.2, 0.25) is 5.82 Å². The van der Waals surface area contributed by atoms with E-state index in [2.05, 4.69) is 16.2 Å². The lowest BCUT2D eigenvalue weighted by molar-refractivity contribution is 0.241. The van der Waals surface area contributed by atoms with Gasteiger partial charge in [-0.25, -0.2) is 0 Å². The number of fused-ring (bicyclic) bond motifs is 1. The van der Waals surface area contributed by atoms with Crippen molar-refractivity contribution in [2.45, 2.75) is 45.8 Å². The van der Waals surface area contributed by atoms with Crippen molar-refractivity contribution in [2.75, 3.05) is 0 Å². The number of hydrogen-bond acceptors (Lipinski definition) is 5. The summed E-state index contributed by atoms with van der Waals surface area (Å²) in [6, 6.07) is 12.2. The van der Waals surface area contributed by atoms with Crippen molar-refractivity contribution in [1.82, 2.24) is 10.1 Å². The van der Waals surface area contributed by atoms with Crippen LogP contribution in [0.1, 0.15) is 43.0 Å². The van der Waals surface area contributed by atoms with Crippen molar-refractivity contribution in [2.24, 2.45) is 5.73 Å². The first-order valence-electron chi connectivity index (χ1n) is 9.02. The monoisotopic (exact) mass is 349 g/mol. The molecule has 0 amide bonds. The SMILES string of the molecule is Cc1ccc(-c2nc(-c3cccc4c3CC[C@H]4N)no2)cc1OC(C)C. The van der Waals surface area contributed by atoms with Gasteiger partial charge in [-0.05, 0) is 62.4 Å². The molecule has 3 aromatic rings. The van der Waals surface area contributed by atoms with Gasteiger partial charge >= 0.3 is 0 Å². The van der Waals surface area contributed by atoms with E-state index in [0.29, 0.717) is 11.7 Å². The van der Waals surface area contributed by atoms with Gasteiger partial charge in [-0.15, -0.1) is 0 Å². The number of nitrogens with zero attached hydrogens (tertiary/aromatic N) is 2. The van der Waals surface area contributed by atoms with Crippen molar-refractivity contribution >= 4 is 0 Å². The minimum atomic E-state index is 0.101. The first-order valence-corrected chi connectivity index (χ1v) is 9.02. The molecular formula is C21H23N3O2. The second-order valence-corrected chi connectivity index (χ2v) is 7.09. The molecule has 0 bridgehead atoms. The summed E-state index contributed by atoms with van der Waals surface area (Å²) in [5.41, 5.74) is 11.6. The molecule has 1 aliphatic carbocycles. The van der Waals surface area contributed by atoms with Gasteiger partial charge in [0.1, 0.15) is 5.75 Å². The molecule has 0 saturated heterocycles. The highest BCUT2D eigenvalue weighted by Gasteiger charge is 2.24. The Morgan fingerprint density at radius 3 is 2.88 bits per heavy atom. The summed E-state index contributed by atoms with van der Waals surface area (Å²) in [5, 5.41) is 4.21. The van der Waals surface area contributed by atoms with E-state index in [1.165, 1.54) is 11.1 Å². The van der Waals surface area contributed by atoms with E-state index in [1.54, 1.807) is 0 Å². The van der Waals surface area contributed by atoms with E-state index in [9.17, 15) is 0 Å². The summed E-state index contributed by atoms with van der Waals surface area (Å²) in [6.07, 6.45) is 2.02. The molecule has 1 heterocycles.